The molecular weight excluding hydrogens is 468 g/mol. The molecule has 1 aliphatic heterocycles. The maximum atomic E-state index is 12.8. The zero-order chi connectivity index (χ0) is 25.2. The Bertz CT molecular complexity index is 1380. The molecule has 1 fully saturated rings. The molecule has 188 valence electrons. The van der Waals surface area contributed by atoms with E-state index in [0.717, 1.165) is 32.8 Å². The lowest BCUT2D eigenvalue weighted by atomic mass is 10.1. The van der Waals surface area contributed by atoms with Crippen molar-refractivity contribution in [3.05, 3.63) is 40.9 Å². The van der Waals surface area contributed by atoms with Crippen LogP contribution >= 0.6 is 0 Å². The highest BCUT2D eigenvalue weighted by Gasteiger charge is 2.18. The highest BCUT2D eigenvalue weighted by atomic mass is 32.2. The summed E-state index contributed by atoms with van der Waals surface area (Å²) in [4.78, 5) is 24.4. The predicted octanol–water partition coefficient (Wildman–Crippen LogP) is 1.96. The maximum Gasteiger partial charge on any atom is 0.264 e. The first-order chi connectivity index (χ1) is 16.6. The van der Waals surface area contributed by atoms with Crippen LogP contribution in [0.4, 0.5) is 11.5 Å². The van der Waals surface area contributed by atoms with E-state index in [1.165, 1.54) is 17.2 Å². The van der Waals surface area contributed by atoms with Gasteiger partial charge in [0.1, 0.15) is 11.2 Å². The number of anilines is 2. The standard InChI is InChI=1S/C24H32N6O4S/c1-16(2)27-23-22-20(26-15-29(3)24(22)31)14-19(28-23)17-5-6-18(21(13-17)35(4,32)33)25-7-8-30-9-11-34-12-10-30/h5-6,13-16,25H,7-12H2,1-4H3,(H,27,28). The second-order valence-electron chi connectivity index (χ2n) is 9.07. The van der Waals surface area contributed by atoms with Gasteiger partial charge in [-0.25, -0.2) is 18.4 Å². The average Bonchev–Trinajstić information content (AvgIpc) is 2.81. The van der Waals surface area contributed by atoms with E-state index in [1.807, 2.05) is 19.9 Å². The summed E-state index contributed by atoms with van der Waals surface area (Å²) in [5, 5.41) is 6.91. The van der Waals surface area contributed by atoms with Gasteiger partial charge >= 0.3 is 0 Å². The number of rotatable bonds is 8. The Kier molecular flexibility index (Phi) is 7.39. The molecule has 0 bridgehead atoms. The topological polar surface area (TPSA) is 118 Å². The van der Waals surface area contributed by atoms with Crippen LogP contribution in [0.25, 0.3) is 22.2 Å². The van der Waals surface area contributed by atoms with E-state index < -0.39 is 9.84 Å². The molecule has 0 unspecified atom stereocenters. The molecule has 1 aromatic carbocycles. The summed E-state index contributed by atoms with van der Waals surface area (Å²) in [7, 11) is -1.87. The fraction of sp³-hybridized carbons (Fsp3) is 0.458. The number of aromatic nitrogens is 3. The van der Waals surface area contributed by atoms with Crippen molar-refractivity contribution in [3.8, 4) is 11.3 Å². The third-order valence-corrected chi connectivity index (χ3v) is 6.99. The minimum Gasteiger partial charge on any atom is -0.383 e. The second kappa shape index (κ2) is 10.3. The molecule has 11 heteroatoms. The normalized spacial score (nSPS) is 15.0. The SMILES string of the molecule is CC(C)Nc1nc(-c2ccc(NCCN3CCOCC3)c(S(C)(=O)=O)c2)cc2ncn(C)c(=O)c12. The first-order valence-corrected chi connectivity index (χ1v) is 13.5. The van der Waals surface area contributed by atoms with Crippen LogP contribution in [0.3, 0.4) is 0 Å². The predicted molar refractivity (Wildman–Crippen MR) is 138 cm³/mol. The van der Waals surface area contributed by atoms with Gasteiger partial charge in [0.2, 0.25) is 0 Å². The van der Waals surface area contributed by atoms with Crippen LogP contribution in [-0.2, 0) is 21.6 Å². The van der Waals surface area contributed by atoms with Crippen LogP contribution in [0.5, 0.6) is 0 Å². The van der Waals surface area contributed by atoms with Gasteiger partial charge in [0.15, 0.2) is 9.84 Å². The van der Waals surface area contributed by atoms with Crippen molar-refractivity contribution in [1.29, 1.82) is 0 Å². The zero-order valence-electron chi connectivity index (χ0n) is 20.5. The van der Waals surface area contributed by atoms with E-state index in [9.17, 15) is 13.2 Å². The number of aryl methyl sites for hydroxylation is 1. The van der Waals surface area contributed by atoms with Crippen LogP contribution in [0.2, 0.25) is 0 Å². The van der Waals surface area contributed by atoms with Gasteiger partial charge in [0.05, 0.1) is 41.3 Å². The molecule has 35 heavy (non-hydrogen) atoms. The summed E-state index contributed by atoms with van der Waals surface area (Å²) >= 11 is 0. The molecule has 0 radical (unpaired) electrons. The Morgan fingerprint density at radius 3 is 2.60 bits per heavy atom. The molecule has 3 heterocycles. The van der Waals surface area contributed by atoms with Gasteiger partial charge in [-0.2, -0.15) is 0 Å². The average molecular weight is 501 g/mol. The van der Waals surface area contributed by atoms with Gasteiger partial charge in [0, 0.05) is 51.1 Å². The Morgan fingerprint density at radius 2 is 1.91 bits per heavy atom. The van der Waals surface area contributed by atoms with Crippen molar-refractivity contribution >= 4 is 32.2 Å². The molecule has 3 aromatic rings. The lowest BCUT2D eigenvalue weighted by molar-refractivity contribution is 0.0398. The molecule has 4 rings (SSSR count). The highest BCUT2D eigenvalue weighted by Crippen LogP contribution is 2.30. The molecule has 0 aliphatic carbocycles. The number of nitrogens with zero attached hydrogens (tertiary/aromatic N) is 4. The van der Waals surface area contributed by atoms with E-state index in [0.29, 0.717) is 40.2 Å². The number of fused-ring (bicyclic) bond motifs is 1. The monoisotopic (exact) mass is 500 g/mol. The van der Waals surface area contributed by atoms with E-state index in [-0.39, 0.29) is 16.5 Å². The van der Waals surface area contributed by atoms with Gasteiger partial charge in [-0.3, -0.25) is 9.69 Å². The highest BCUT2D eigenvalue weighted by molar-refractivity contribution is 7.90. The van der Waals surface area contributed by atoms with Gasteiger partial charge in [-0.15, -0.1) is 0 Å². The number of ether oxygens (including phenoxy) is 1. The van der Waals surface area contributed by atoms with Gasteiger partial charge in [-0.05, 0) is 32.0 Å². The number of hydrogen-bond donors (Lipinski definition) is 2. The molecule has 1 aliphatic rings. The van der Waals surface area contributed by atoms with Crippen LogP contribution in [-0.4, -0.2) is 79.5 Å². The molecule has 1 saturated heterocycles. The third kappa shape index (κ3) is 5.80. The van der Waals surface area contributed by atoms with E-state index in [1.54, 1.807) is 25.2 Å². The Morgan fingerprint density at radius 1 is 1.17 bits per heavy atom. The van der Waals surface area contributed by atoms with Crippen molar-refractivity contribution in [1.82, 2.24) is 19.4 Å². The summed E-state index contributed by atoms with van der Waals surface area (Å²) in [6, 6.07) is 6.98. The molecular formula is C24H32N6O4S. The van der Waals surface area contributed by atoms with Gasteiger partial charge < -0.3 is 19.9 Å². The van der Waals surface area contributed by atoms with Crippen molar-refractivity contribution in [2.24, 2.45) is 7.05 Å². The molecule has 0 spiro atoms. The lowest BCUT2D eigenvalue weighted by Crippen LogP contribution is -2.39. The van der Waals surface area contributed by atoms with Crippen molar-refractivity contribution in [2.75, 3.05) is 56.3 Å². The van der Waals surface area contributed by atoms with E-state index in [4.69, 9.17) is 9.72 Å². The molecule has 2 N–H and O–H groups in total. The van der Waals surface area contributed by atoms with Crippen molar-refractivity contribution < 1.29 is 13.2 Å². The smallest absolute Gasteiger partial charge is 0.264 e. The lowest BCUT2D eigenvalue weighted by Gasteiger charge is -2.26. The number of morpholine rings is 1. The van der Waals surface area contributed by atoms with E-state index >= 15 is 0 Å². The number of sulfone groups is 1. The summed E-state index contributed by atoms with van der Waals surface area (Å²) in [5.41, 5.74) is 2.01. The maximum absolute atomic E-state index is 12.8. The number of hydrogen-bond acceptors (Lipinski definition) is 9. The van der Waals surface area contributed by atoms with E-state index in [2.05, 4.69) is 20.5 Å². The van der Waals surface area contributed by atoms with Gasteiger partial charge in [-0.1, -0.05) is 6.07 Å². The molecule has 2 aromatic heterocycles. The van der Waals surface area contributed by atoms with Crippen LogP contribution < -0.4 is 16.2 Å². The Balaban J connectivity index is 1.70. The fourth-order valence-electron chi connectivity index (χ4n) is 4.06. The van der Waals surface area contributed by atoms with Crippen LogP contribution in [0, 0.1) is 0 Å². The first kappa shape index (κ1) is 25.1. The Hall–Kier alpha value is -3.02. The molecule has 0 atom stereocenters. The second-order valence-corrected chi connectivity index (χ2v) is 11.1. The number of benzene rings is 1. The summed E-state index contributed by atoms with van der Waals surface area (Å²) in [6.07, 6.45) is 2.67. The summed E-state index contributed by atoms with van der Waals surface area (Å²) < 4.78 is 32.1. The minimum absolute atomic E-state index is 0.0375. The fourth-order valence-corrected chi connectivity index (χ4v) is 4.94. The number of pyridine rings is 1. The minimum atomic E-state index is -3.51. The zero-order valence-corrected chi connectivity index (χ0v) is 21.4. The van der Waals surface area contributed by atoms with Crippen molar-refractivity contribution in [2.45, 2.75) is 24.8 Å². The Labute approximate surface area is 205 Å². The first-order valence-electron chi connectivity index (χ1n) is 11.6. The van der Waals surface area contributed by atoms with Crippen LogP contribution in [0.1, 0.15) is 13.8 Å². The molecule has 10 nitrogen and oxygen atoms in total. The molecule has 0 saturated carbocycles. The summed E-state index contributed by atoms with van der Waals surface area (Å²) in [5.74, 6) is 0.426. The largest absolute Gasteiger partial charge is 0.383 e. The number of nitrogens with one attached hydrogen (secondary N) is 2. The van der Waals surface area contributed by atoms with Crippen LogP contribution in [0.15, 0.2) is 40.3 Å². The summed E-state index contributed by atoms with van der Waals surface area (Å²) in [6.45, 7) is 8.51. The quantitative estimate of drug-likeness (QED) is 0.478. The van der Waals surface area contributed by atoms with Gasteiger partial charge in [0.25, 0.3) is 5.56 Å². The molecule has 0 amide bonds. The van der Waals surface area contributed by atoms with Crippen molar-refractivity contribution in [3.63, 3.8) is 0 Å². The third-order valence-electron chi connectivity index (χ3n) is 5.85.